The molecule has 1 fully saturated rings. The zero-order valence-electron chi connectivity index (χ0n) is 17.0. The molecular formula is C23H22ClFN4O2. The van der Waals surface area contributed by atoms with Gasteiger partial charge in [0.2, 0.25) is 0 Å². The SMILES string of the molecule is Cc1nn(-c2ccccc2)c(Cl)c1C(=O)N1CCC(NC(=O)c2ccc(F)cc2)CC1. The van der Waals surface area contributed by atoms with E-state index in [0.717, 1.165) is 5.69 Å². The molecule has 2 aromatic carbocycles. The highest BCUT2D eigenvalue weighted by Crippen LogP contribution is 2.26. The number of nitrogens with one attached hydrogen (secondary N) is 1. The van der Waals surface area contributed by atoms with E-state index in [9.17, 15) is 14.0 Å². The fourth-order valence-corrected chi connectivity index (χ4v) is 4.09. The molecule has 1 aliphatic rings. The number of likely N-dealkylation sites (tertiary alicyclic amines) is 1. The van der Waals surface area contributed by atoms with E-state index in [4.69, 9.17) is 11.6 Å². The first-order chi connectivity index (χ1) is 14.9. The maximum atomic E-state index is 13.1. The summed E-state index contributed by atoms with van der Waals surface area (Å²) in [6, 6.07) is 14.8. The number of aromatic nitrogens is 2. The van der Waals surface area contributed by atoms with Crippen LogP contribution in [-0.2, 0) is 0 Å². The minimum absolute atomic E-state index is 0.0507. The quantitative estimate of drug-likeness (QED) is 0.666. The summed E-state index contributed by atoms with van der Waals surface area (Å²) in [7, 11) is 0. The fourth-order valence-electron chi connectivity index (χ4n) is 3.74. The van der Waals surface area contributed by atoms with Crippen LogP contribution < -0.4 is 5.32 Å². The van der Waals surface area contributed by atoms with E-state index >= 15 is 0 Å². The van der Waals surface area contributed by atoms with E-state index in [-0.39, 0.29) is 23.7 Å². The van der Waals surface area contributed by atoms with Gasteiger partial charge in [0.15, 0.2) is 0 Å². The molecule has 0 radical (unpaired) electrons. The molecule has 160 valence electrons. The Morgan fingerprint density at radius 3 is 2.35 bits per heavy atom. The third-order valence-electron chi connectivity index (χ3n) is 5.44. The van der Waals surface area contributed by atoms with Gasteiger partial charge in [0, 0.05) is 24.7 Å². The van der Waals surface area contributed by atoms with Crippen LogP contribution in [0.3, 0.4) is 0 Å². The summed E-state index contributed by atoms with van der Waals surface area (Å²) >= 11 is 6.52. The summed E-state index contributed by atoms with van der Waals surface area (Å²) in [5, 5.41) is 7.70. The summed E-state index contributed by atoms with van der Waals surface area (Å²) in [6.07, 6.45) is 1.25. The Bertz CT molecular complexity index is 1090. The van der Waals surface area contributed by atoms with Crippen LogP contribution in [0.25, 0.3) is 5.69 Å². The van der Waals surface area contributed by atoms with Gasteiger partial charge in [-0.1, -0.05) is 29.8 Å². The highest BCUT2D eigenvalue weighted by molar-refractivity contribution is 6.33. The lowest BCUT2D eigenvalue weighted by molar-refractivity contribution is 0.0697. The topological polar surface area (TPSA) is 67.2 Å². The molecule has 0 unspecified atom stereocenters. The number of benzene rings is 2. The van der Waals surface area contributed by atoms with E-state index in [0.29, 0.717) is 47.9 Å². The second kappa shape index (κ2) is 8.89. The van der Waals surface area contributed by atoms with Crippen molar-refractivity contribution in [1.29, 1.82) is 0 Å². The predicted octanol–water partition coefficient (Wildman–Crippen LogP) is 4.01. The summed E-state index contributed by atoms with van der Waals surface area (Å²) < 4.78 is 14.6. The maximum absolute atomic E-state index is 13.1. The first-order valence-electron chi connectivity index (χ1n) is 10.1. The first kappa shape index (κ1) is 21.1. The zero-order valence-corrected chi connectivity index (χ0v) is 17.8. The maximum Gasteiger partial charge on any atom is 0.258 e. The minimum Gasteiger partial charge on any atom is -0.349 e. The van der Waals surface area contributed by atoms with E-state index in [1.807, 2.05) is 30.3 Å². The molecule has 1 aliphatic heterocycles. The van der Waals surface area contributed by atoms with Crippen LogP contribution in [0.15, 0.2) is 54.6 Å². The number of carbonyl (C=O) groups is 2. The molecule has 1 saturated heterocycles. The van der Waals surface area contributed by atoms with Crippen LogP contribution in [0.5, 0.6) is 0 Å². The molecule has 2 heterocycles. The molecule has 0 spiro atoms. The summed E-state index contributed by atoms with van der Waals surface area (Å²) in [5.74, 6) is -0.784. The first-order valence-corrected chi connectivity index (χ1v) is 10.5. The van der Waals surface area contributed by atoms with Gasteiger partial charge in [-0.25, -0.2) is 9.07 Å². The zero-order chi connectivity index (χ0) is 22.0. The lowest BCUT2D eigenvalue weighted by atomic mass is 10.0. The van der Waals surface area contributed by atoms with Gasteiger partial charge in [0.1, 0.15) is 11.0 Å². The van der Waals surface area contributed by atoms with Crippen LogP contribution in [0, 0.1) is 12.7 Å². The van der Waals surface area contributed by atoms with Gasteiger partial charge in [-0.05, 0) is 56.2 Å². The number of carbonyl (C=O) groups excluding carboxylic acids is 2. The molecule has 0 saturated carbocycles. The van der Waals surface area contributed by atoms with Gasteiger partial charge in [0.05, 0.1) is 16.9 Å². The average Bonchev–Trinajstić information content (AvgIpc) is 3.08. The van der Waals surface area contributed by atoms with Crippen molar-refractivity contribution >= 4 is 23.4 Å². The smallest absolute Gasteiger partial charge is 0.258 e. The van der Waals surface area contributed by atoms with Gasteiger partial charge < -0.3 is 10.2 Å². The minimum atomic E-state index is -0.382. The van der Waals surface area contributed by atoms with Gasteiger partial charge in [-0.15, -0.1) is 0 Å². The Hall–Kier alpha value is -3.19. The van der Waals surface area contributed by atoms with Crippen molar-refractivity contribution in [1.82, 2.24) is 20.0 Å². The Morgan fingerprint density at radius 1 is 1.06 bits per heavy atom. The Morgan fingerprint density at radius 2 is 1.71 bits per heavy atom. The van der Waals surface area contributed by atoms with Crippen LogP contribution in [0.2, 0.25) is 5.15 Å². The van der Waals surface area contributed by atoms with Gasteiger partial charge in [-0.2, -0.15) is 5.10 Å². The van der Waals surface area contributed by atoms with E-state index in [1.54, 1.807) is 16.5 Å². The number of aryl methyl sites for hydroxylation is 1. The predicted molar refractivity (Wildman–Crippen MR) is 116 cm³/mol. The molecule has 2 amide bonds. The Balaban J connectivity index is 1.40. The van der Waals surface area contributed by atoms with E-state index < -0.39 is 0 Å². The van der Waals surface area contributed by atoms with Crippen LogP contribution >= 0.6 is 11.6 Å². The summed E-state index contributed by atoms with van der Waals surface area (Å²) in [4.78, 5) is 27.2. The van der Waals surface area contributed by atoms with Crippen molar-refractivity contribution in [3.8, 4) is 5.69 Å². The third-order valence-corrected chi connectivity index (χ3v) is 5.79. The van der Waals surface area contributed by atoms with Crippen LogP contribution in [0.4, 0.5) is 4.39 Å². The molecule has 0 bridgehead atoms. The van der Waals surface area contributed by atoms with E-state index in [1.165, 1.54) is 24.3 Å². The van der Waals surface area contributed by atoms with Crippen LogP contribution in [-0.4, -0.2) is 45.6 Å². The third kappa shape index (κ3) is 4.46. The largest absolute Gasteiger partial charge is 0.349 e. The van der Waals surface area contributed by atoms with Gasteiger partial charge in [0.25, 0.3) is 11.8 Å². The second-order valence-electron chi connectivity index (χ2n) is 7.55. The van der Waals surface area contributed by atoms with Crippen molar-refractivity contribution in [2.75, 3.05) is 13.1 Å². The highest BCUT2D eigenvalue weighted by Gasteiger charge is 2.29. The van der Waals surface area contributed by atoms with Crippen molar-refractivity contribution in [2.24, 2.45) is 0 Å². The molecule has 1 N–H and O–H groups in total. The fraction of sp³-hybridized carbons (Fsp3) is 0.261. The Labute approximate surface area is 184 Å². The monoisotopic (exact) mass is 440 g/mol. The summed E-state index contributed by atoms with van der Waals surface area (Å²) in [6.45, 7) is 2.77. The summed E-state index contributed by atoms with van der Waals surface area (Å²) in [5.41, 5.74) is 2.18. The number of halogens is 2. The van der Waals surface area contributed by atoms with Crippen molar-refractivity contribution in [3.05, 3.63) is 82.4 Å². The molecule has 3 aromatic rings. The van der Waals surface area contributed by atoms with Crippen molar-refractivity contribution in [3.63, 3.8) is 0 Å². The lowest BCUT2D eigenvalue weighted by Crippen LogP contribution is -2.46. The number of hydrogen-bond donors (Lipinski definition) is 1. The molecule has 6 nitrogen and oxygen atoms in total. The molecule has 8 heteroatoms. The van der Waals surface area contributed by atoms with E-state index in [2.05, 4.69) is 10.4 Å². The normalized spacial score (nSPS) is 14.5. The van der Waals surface area contributed by atoms with Crippen molar-refractivity contribution < 1.29 is 14.0 Å². The molecule has 31 heavy (non-hydrogen) atoms. The number of para-hydroxylation sites is 1. The second-order valence-corrected chi connectivity index (χ2v) is 7.90. The number of amides is 2. The highest BCUT2D eigenvalue weighted by atomic mass is 35.5. The molecule has 0 aliphatic carbocycles. The van der Waals surface area contributed by atoms with Gasteiger partial charge in [-0.3, -0.25) is 9.59 Å². The standard InChI is InChI=1S/C23H22ClFN4O2/c1-15-20(21(24)29(27-15)19-5-3-2-4-6-19)23(31)28-13-11-18(12-14-28)26-22(30)16-7-9-17(25)10-8-16/h2-10,18H,11-14H2,1H3,(H,26,30). The number of hydrogen-bond acceptors (Lipinski definition) is 3. The molecule has 1 aromatic heterocycles. The van der Waals surface area contributed by atoms with Crippen molar-refractivity contribution in [2.45, 2.75) is 25.8 Å². The number of rotatable bonds is 4. The van der Waals surface area contributed by atoms with Gasteiger partial charge >= 0.3 is 0 Å². The number of nitrogens with zero attached hydrogens (tertiary/aromatic N) is 3. The van der Waals surface area contributed by atoms with Crippen LogP contribution in [0.1, 0.15) is 39.3 Å². The average molecular weight is 441 g/mol. The lowest BCUT2D eigenvalue weighted by Gasteiger charge is -2.32. The number of piperidine rings is 1. The Kier molecular flexibility index (Phi) is 6.04. The molecule has 4 rings (SSSR count). The molecular weight excluding hydrogens is 419 g/mol. The molecule has 0 atom stereocenters.